The highest BCUT2D eigenvalue weighted by Gasteiger charge is 2.46. The molecule has 0 N–H and O–H groups in total. The Morgan fingerprint density at radius 1 is 1.28 bits per heavy atom. The number of ether oxygens (including phenoxy) is 1. The molecule has 0 bridgehead atoms. The quantitative estimate of drug-likeness (QED) is 0.794. The summed E-state index contributed by atoms with van der Waals surface area (Å²) in [4.78, 5) is 2.31. The smallest absolute Gasteiger partial charge is 0.123 e. The molecule has 1 saturated carbocycles. The molecule has 0 saturated heterocycles. The Hall–Kier alpha value is -1.02. The fourth-order valence-corrected chi connectivity index (χ4v) is 3.67. The first-order valence-corrected chi connectivity index (χ1v) is 7.11. The molecule has 1 aliphatic carbocycles. The highest BCUT2D eigenvalue weighted by molar-refractivity contribution is 5.39. The summed E-state index contributed by atoms with van der Waals surface area (Å²) in [6, 6.07) is 8.57. The third-order valence-electron chi connectivity index (χ3n) is 4.51. The summed E-state index contributed by atoms with van der Waals surface area (Å²) in [5.74, 6) is 1.80. The van der Waals surface area contributed by atoms with Gasteiger partial charge < -0.3 is 9.64 Å². The standard InChI is InChI=1S/C16H23NO/c1-17(2)12-14-8-5-6-10-16(14)11-13-7-3-4-9-15(13)18-16/h3-4,7,9,14H,5-6,8,10-12H2,1-2H3. The molecule has 2 unspecified atom stereocenters. The Bertz CT molecular complexity index is 402. The van der Waals surface area contributed by atoms with Crippen LogP contribution in [0.5, 0.6) is 5.75 Å². The van der Waals surface area contributed by atoms with Crippen molar-refractivity contribution in [1.82, 2.24) is 4.90 Å². The molecule has 0 aromatic heterocycles. The maximum atomic E-state index is 6.42. The second kappa shape index (κ2) is 4.58. The average Bonchev–Trinajstić information content (AvgIpc) is 2.70. The Morgan fingerprint density at radius 2 is 2.11 bits per heavy atom. The van der Waals surface area contributed by atoms with Crippen LogP contribution < -0.4 is 4.74 Å². The Labute approximate surface area is 110 Å². The zero-order valence-corrected chi connectivity index (χ0v) is 11.5. The van der Waals surface area contributed by atoms with Gasteiger partial charge in [0.15, 0.2) is 0 Å². The number of hydrogen-bond acceptors (Lipinski definition) is 2. The van der Waals surface area contributed by atoms with Crippen molar-refractivity contribution in [2.24, 2.45) is 5.92 Å². The fraction of sp³-hybridized carbons (Fsp3) is 0.625. The van der Waals surface area contributed by atoms with E-state index in [0.29, 0.717) is 5.92 Å². The maximum absolute atomic E-state index is 6.42. The largest absolute Gasteiger partial charge is 0.486 e. The predicted octanol–water partition coefficient (Wildman–Crippen LogP) is 3.11. The summed E-state index contributed by atoms with van der Waals surface area (Å²) in [6.07, 6.45) is 6.33. The lowest BCUT2D eigenvalue weighted by atomic mass is 9.73. The summed E-state index contributed by atoms with van der Waals surface area (Å²) in [7, 11) is 4.34. The summed E-state index contributed by atoms with van der Waals surface area (Å²) in [5, 5.41) is 0. The van der Waals surface area contributed by atoms with E-state index in [1.807, 2.05) is 0 Å². The van der Waals surface area contributed by atoms with Gasteiger partial charge in [-0.1, -0.05) is 24.6 Å². The van der Waals surface area contributed by atoms with Gasteiger partial charge in [-0.15, -0.1) is 0 Å². The van der Waals surface area contributed by atoms with Crippen molar-refractivity contribution in [3.05, 3.63) is 29.8 Å². The van der Waals surface area contributed by atoms with Crippen molar-refractivity contribution in [1.29, 1.82) is 0 Å². The average molecular weight is 245 g/mol. The lowest BCUT2D eigenvalue weighted by Crippen LogP contribution is -2.48. The molecule has 2 aliphatic rings. The van der Waals surface area contributed by atoms with Gasteiger partial charge >= 0.3 is 0 Å². The predicted molar refractivity (Wildman–Crippen MR) is 74.0 cm³/mol. The van der Waals surface area contributed by atoms with E-state index < -0.39 is 0 Å². The molecule has 1 aliphatic heterocycles. The number of rotatable bonds is 2. The van der Waals surface area contributed by atoms with E-state index in [-0.39, 0.29) is 5.60 Å². The van der Waals surface area contributed by atoms with Gasteiger partial charge in [0.1, 0.15) is 11.4 Å². The molecule has 0 amide bonds. The van der Waals surface area contributed by atoms with Crippen LogP contribution in [-0.4, -0.2) is 31.1 Å². The van der Waals surface area contributed by atoms with E-state index in [1.54, 1.807) is 0 Å². The summed E-state index contributed by atoms with van der Waals surface area (Å²) < 4.78 is 6.42. The Kier molecular flexibility index (Phi) is 3.06. The molecule has 2 atom stereocenters. The molecule has 2 nitrogen and oxygen atoms in total. The van der Waals surface area contributed by atoms with Gasteiger partial charge in [-0.2, -0.15) is 0 Å². The fourth-order valence-electron chi connectivity index (χ4n) is 3.67. The van der Waals surface area contributed by atoms with E-state index in [0.717, 1.165) is 18.7 Å². The zero-order chi connectivity index (χ0) is 12.6. The van der Waals surface area contributed by atoms with Crippen molar-refractivity contribution in [2.75, 3.05) is 20.6 Å². The molecular formula is C16H23NO. The van der Waals surface area contributed by atoms with Gasteiger partial charge in [-0.05, 0) is 45.0 Å². The Balaban J connectivity index is 1.85. The number of hydrogen-bond donors (Lipinski definition) is 0. The monoisotopic (exact) mass is 245 g/mol. The molecule has 1 heterocycles. The van der Waals surface area contributed by atoms with E-state index in [9.17, 15) is 0 Å². The number of fused-ring (bicyclic) bond motifs is 1. The molecule has 1 spiro atoms. The molecule has 1 fully saturated rings. The van der Waals surface area contributed by atoms with Crippen LogP contribution >= 0.6 is 0 Å². The van der Waals surface area contributed by atoms with E-state index in [4.69, 9.17) is 4.74 Å². The SMILES string of the molecule is CN(C)CC1CCCCC12Cc1ccccc1O2. The topological polar surface area (TPSA) is 12.5 Å². The van der Waals surface area contributed by atoms with Gasteiger partial charge in [-0.25, -0.2) is 0 Å². The minimum absolute atomic E-state index is 0.0895. The first kappa shape index (κ1) is 12.0. The number of nitrogens with zero attached hydrogens (tertiary/aromatic N) is 1. The second-order valence-corrected chi connectivity index (χ2v) is 6.16. The van der Waals surface area contributed by atoms with Crippen molar-refractivity contribution < 1.29 is 4.74 Å². The van der Waals surface area contributed by atoms with Gasteiger partial charge in [0.05, 0.1) is 0 Å². The highest BCUT2D eigenvalue weighted by atomic mass is 16.5. The van der Waals surface area contributed by atoms with Gasteiger partial charge in [0.2, 0.25) is 0 Å². The van der Waals surface area contributed by atoms with E-state index >= 15 is 0 Å². The molecule has 1 aromatic carbocycles. The molecule has 18 heavy (non-hydrogen) atoms. The molecule has 3 rings (SSSR count). The van der Waals surface area contributed by atoms with Gasteiger partial charge in [0.25, 0.3) is 0 Å². The van der Waals surface area contributed by atoms with Crippen LogP contribution in [0, 0.1) is 5.92 Å². The van der Waals surface area contributed by atoms with Crippen LogP contribution in [0.3, 0.4) is 0 Å². The first-order chi connectivity index (χ1) is 8.70. The van der Waals surface area contributed by atoms with Gasteiger partial charge in [-0.3, -0.25) is 0 Å². The molecule has 98 valence electrons. The molecule has 1 aromatic rings. The van der Waals surface area contributed by atoms with Crippen LogP contribution in [0.2, 0.25) is 0 Å². The van der Waals surface area contributed by atoms with Crippen molar-refractivity contribution >= 4 is 0 Å². The zero-order valence-electron chi connectivity index (χ0n) is 11.5. The van der Waals surface area contributed by atoms with E-state index in [2.05, 4.69) is 43.3 Å². The van der Waals surface area contributed by atoms with Crippen molar-refractivity contribution in [2.45, 2.75) is 37.7 Å². The third-order valence-corrected chi connectivity index (χ3v) is 4.51. The third kappa shape index (κ3) is 2.03. The van der Waals surface area contributed by atoms with Crippen molar-refractivity contribution in [3.63, 3.8) is 0 Å². The second-order valence-electron chi connectivity index (χ2n) is 6.16. The Morgan fingerprint density at radius 3 is 2.89 bits per heavy atom. The molecular weight excluding hydrogens is 222 g/mol. The number of para-hydroxylation sites is 1. The highest BCUT2D eigenvalue weighted by Crippen LogP contribution is 2.46. The lowest BCUT2D eigenvalue weighted by molar-refractivity contribution is -0.0150. The first-order valence-electron chi connectivity index (χ1n) is 7.11. The molecule has 2 heteroatoms. The van der Waals surface area contributed by atoms with Crippen molar-refractivity contribution in [3.8, 4) is 5.75 Å². The van der Waals surface area contributed by atoms with Crippen LogP contribution in [0.25, 0.3) is 0 Å². The summed E-state index contributed by atoms with van der Waals surface area (Å²) in [6.45, 7) is 1.15. The summed E-state index contributed by atoms with van der Waals surface area (Å²) in [5.41, 5.74) is 1.50. The van der Waals surface area contributed by atoms with Crippen LogP contribution in [0.1, 0.15) is 31.2 Å². The van der Waals surface area contributed by atoms with Crippen LogP contribution in [-0.2, 0) is 6.42 Å². The summed E-state index contributed by atoms with van der Waals surface area (Å²) >= 11 is 0. The minimum atomic E-state index is 0.0895. The lowest BCUT2D eigenvalue weighted by Gasteiger charge is -2.41. The number of benzene rings is 1. The maximum Gasteiger partial charge on any atom is 0.123 e. The van der Waals surface area contributed by atoms with Crippen LogP contribution in [0.4, 0.5) is 0 Å². The normalized spacial score (nSPS) is 30.5. The molecule has 0 radical (unpaired) electrons. The van der Waals surface area contributed by atoms with E-state index in [1.165, 1.54) is 31.2 Å². The van der Waals surface area contributed by atoms with Crippen LogP contribution in [0.15, 0.2) is 24.3 Å². The van der Waals surface area contributed by atoms with Gasteiger partial charge in [0, 0.05) is 18.9 Å². The minimum Gasteiger partial charge on any atom is -0.486 e.